The largest absolute Gasteiger partial charge is 0.435 e. The third-order valence-corrected chi connectivity index (χ3v) is 4.54. The van der Waals surface area contributed by atoms with Crippen LogP contribution in [-0.4, -0.2) is 15.0 Å². The van der Waals surface area contributed by atoms with Crippen LogP contribution in [0.15, 0.2) is 29.3 Å². The lowest BCUT2D eigenvalue weighted by Gasteiger charge is -2.06. The summed E-state index contributed by atoms with van der Waals surface area (Å²) in [6.45, 7) is 0. The second-order valence-electron chi connectivity index (χ2n) is 4.30. The number of aromatic nitrogens is 2. The summed E-state index contributed by atoms with van der Waals surface area (Å²) in [7, 11) is 1.33. The van der Waals surface area contributed by atoms with Crippen LogP contribution in [0.2, 0.25) is 5.02 Å². The summed E-state index contributed by atoms with van der Waals surface area (Å²) >= 11 is 12.3. The number of rotatable bonds is 4. The van der Waals surface area contributed by atoms with E-state index in [1.807, 2.05) is 0 Å². The van der Waals surface area contributed by atoms with Crippen molar-refractivity contribution in [1.29, 1.82) is 0 Å². The molecule has 22 heavy (non-hydrogen) atoms. The molecule has 0 bridgehead atoms. The lowest BCUT2D eigenvalue weighted by atomic mass is 10.2. The van der Waals surface area contributed by atoms with Gasteiger partial charge in [-0.3, -0.25) is 9.48 Å². The Morgan fingerprint density at radius 2 is 2.00 bits per heavy atom. The van der Waals surface area contributed by atoms with Gasteiger partial charge in [0, 0.05) is 17.8 Å². The van der Waals surface area contributed by atoms with E-state index in [2.05, 4.69) is 5.10 Å². The molecule has 1 aromatic heterocycles. The summed E-state index contributed by atoms with van der Waals surface area (Å²) < 4.78 is 39.7. The fourth-order valence-corrected chi connectivity index (χ4v) is 3.43. The highest BCUT2D eigenvalue weighted by Crippen LogP contribution is 2.38. The number of aryl methyl sites for hydroxylation is 1. The summed E-state index contributed by atoms with van der Waals surface area (Å²) in [6, 6.07) is 6.93. The number of nitrogens with zero attached hydrogens (tertiary/aromatic N) is 2. The molecule has 0 fully saturated rings. The number of hydrogen-bond acceptors (Lipinski definition) is 3. The quantitative estimate of drug-likeness (QED) is 0.576. The first-order chi connectivity index (χ1) is 10.2. The highest BCUT2D eigenvalue weighted by molar-refractivity contribution is 7.98. The van der Waals surface area contributed by atoms with Crippen LogP contribution in [0.5, 0.6) is 0 Å². The summed E-state index contributed by atoms with van der Waals surface area (Å²) in [6.07, 6.45) is -4.75. The zero-order valence-corrected chi connectivity index (χ0v) is 13.4. The molecule has 0 saturated heterocycles. The van der Waals surface area contributed by atoms with E-state index in [9.17, 15) is 18.0 Å². The molecule has 0 aliphatic rings. The predicted molar refractivity (Wildman–Crippen MR) is 79.4 cm³/mol. The van der Waals surface area contributed by atoms with Gasteiger partial charge >= 0.3 is 6.18 Å². The van der Waals surface area contributed by atoms with E-state index in [0.29, 0.717) is 5.02 Å². The summed E-state index contributed by atoms with van der Waals surface area (Å²) in [5.41, 5.74) is -1.18. The van der Waals surface area contributed by atoms with Crippen molar-refractivity contribution in [3.63, 3.8) is 0 Å². The summed E-state index contributed by atoms with van der Waals surface area (Å²) in [5.74, 6) is 0.285. The zero-order valence-electron chi connectivity index (χ0n) is 11.1. The van der Waals surface area contributed by atoms with Crippen LogP contribution in [-0.2, 0) is 19.0 Å². The van der Waals surface area contributed by atoms with E-state index < -0.39 is 22.7 Å². The van der Waals surface area contributed by atoms with Gasteiger partial charge < -0.3 is 0 Å². The monoisotopic (exact) mass is 368 g/mol. The van der Waals surface area contributed by atoms with Crippen molar-refractivity contribution < 1.29 is 18.0 Å². The number of halogens is 5. The molecule has 0 aliphatic heterocycles. The van der Waals surface area contributed by atoms with Crippen LogP contribution in [0.3, 0.4) is 0 Å². The van der Waals surface area contributed by atoms with Crippen LogP contribution in [0.4, 0.5) is 13.2 Å². The first-order valence-electron chi connectivity index (χ1n) is 5.92. The van der Waals surface area contributed by atoms with Crippen LogP contribution >= 0.6 is 35.0 Å². The van der Waals surface area contributed by atoms with Gasteiger partial charge in [-0.1, -0.05) is 29.8 Å². The topological polar surface area (TPSA) is 34.9 Å². The molecular weight excluding hydrogens is 360 g/mol. The van der Waals surface area contributed by atoms with Gasteiger partial charge in [0.05, 0.1) is 5.56 Å². The maximum atomic E-state index is 12.9. The third-order valence-electron chi connectivity index (χ3n) is 2.78. The maximum Gasteiger partial charge on any atom is 0.435 e. The highest BCUT2D eigenvalue weighted by atomic mass is 35.5. The van der Waals surface area contributed by atoms with Crippen molar-refractivity contribution >= 4 is 40.2 Å². The van der Waals surface area contributed by atoms with Crippen molar-refractivity contribution in [1.82, 2.24) is 9.78 Å². The Morgan fingerprint density at radius 3 is 2.55 bits per heavy atom. The Labute approximate surface area is 138 Å². The molecule has 0 atom stereocenters. The van der Waals surface area contributed by atoms with Crippen LogP contribution in [0, 0.1) is 0 Å². The zero-order chi connectivity index (χ0) is 16.5. The van der Waals surface area contributed by atoms with Gasteiger partial charge in [-0.2, -0.15) is 18.3 Å². The van der Waals surface area contributed by atoms with Gasteiger partial charge in [0.1, 0.15) is 5.03 Å². The molecule has 0 unspecified atom stereocenters. The lowest BCUT2D eigenvalue weighted by Crippen LogP contribution is -2.10. The fourth-order valence-electron chi connectivity index (χ4n) is 1.81. The van der Waals surface area contributed by atoms with Crippen molar-refractivity contribution in [2.24, 2.45) is 7.05 Å². The molecule has 0 N–H and O–H groups in total. The number of alkyl halides is 3. The van der Waals surface area contributed by atoms with Crippen molar-refractivity contribution in [3.05, 3.63) is 46.1 Å². The molecular formula is C13H9Cl2F3N2OS. The van der Waals surface area contributed by atoms with Crippen molar-refractivity contribution in [2.45, 2.75) is 17.0 Å². The molecule has 1 heterocycles. The minimum Gasteiger partial charge on any atom is -0.275 e. The van der Waals surface area contributed by atoms with Crippen LogP contribution in [0.25, 0.3) is 0 Å². The third kappa shape index (κ3) is 3.59. The number of benzene rings is 1. The van der Waals surface area contributed by atoms with E-state index in [-0.39, 0.29) is 10.8 Å². The van der Waals surface area contributed by atoms with E-state index >= 15 is 0 Å². The molecule has 2 aromatic rings. The highest BCUT2D eigenvalue weighted by Gasteiger charge is 2.40. The molecule has 0 spiro atoms. The Kier molecular flexibility index (Phi) is 5.09. The van der Waals surface area contributed by atoms with Crippen molar-refractivity contribution in [2.75, 3.05) is 0 Å². The van der Waals surface area contributed by atoms with Gasteiger partial charge in [0.2, 0.25) is 0 Å². The summed E-state index contributed by atoms with van der Waals surface area (Å²) in [5, 5.41) is 2.72. The molecule has 2 rings (SSSR count). The molecule has 118 valence electrons. The fraction of sp³-hybridized carbons (Fsp3) is 0.231. The average molecular weight is 369 g/mol. The first-order valence-corrected chi connectivity index (χ1v) is 7.66. The minimum atomic E-state index is -4.75. The predicted octanol–water partition coefficient (Wildman–Crippen LogP) is 4.76. The van der Waals surface area contributed by atoms with Crippen LogP contribution < -0.4 is 0 Å². The first kappa shape index (κ1) is 17.2. The second kappa shape index (κ2) is 6.52. The molecule has 0 aliphatic carbocycles. The van der Waals surface area contributed by atoms with Gasteiger partial charge in [0.15, 0.2) is 5.69 Å². The Morgan fingerprint density at radius 1 is 1.36 bits per heavy atom. The van der Waals surface area contributed by atoms with Gasteiger partial charge in [-0.05, 0) is 23.2 Å². The van der Waals surface area contributed by atoms with Gasteiger partial charge in [-0.25, -0.2) is 0 Å². The number of thioether (sulfide) groups is 1. The molecule has 1 aromatic carbocycles. The van der Waals surface area contributed by atoms with Gasteiger partial charge in [-0.15, -0.1) is 11.8 Å². The smallest absolute Gasteiger partial charge is 0.275 e. The van der Waals surface area contributed by atoms with Crippen molar-refractivity contribution in [3.8, 4) is 0 Å². The molecule has 3 nitrogen and oxygen atoms in total. The summed E-state index contributed by atoms with van der Waals surface area (Å²) in [4.78, 5) is 11.4. The normalized spacial score (nSPS) is 11.7. The second-order valence-corrected chi connectivity index (χ2v) is 6.02. The maximum absolute atomic E-state index is 12.9. The Balaban J connectivity index is 2.37. The SMILES string of the molecule is Cn1nc(C(F)(F)F)c(C(=O)Cl)c1SCc1ccccc1Cl. The standard InChI is InChI=1S/C13H9Cl2F3N2OS/c1-20-12(22-6-7-4-2-3-5-8(7)14)9(11(15)21)10(19-20)13(16,17)18/h2-5H,6H2,1H3. The molecule has 0 radical (unpaired) electrons. The van der Waals surface area contributed by atoms with Crippen LogP contribution in [0.1, 0.15) is 21.6 Å². The van der Waals surface area contributed by atoms with E-state index in [1.165, 1.54) is 7.05 Å². The number of carbonyl (C=O) groups excluding carboxylic acids is 1. The molecule has 9 heteroatoms. The van der Waals surface area contributed by atoms with E-state index in [0.717, 1.165) is 22.0 Å². The number of hydrogen-bond donors (Lipinski definition) is 0. The Bertz CT molecular complexity index is 716. The van der Waals surface area contributed by atoms with E-state index in [4.69, 9.17) is 23.2 Å². The minimum absolute atomic E-state index is 0.0484. The molecule has 0 saturated carbocycles. The molecule has 0 amide bonds. The lowest BCUT2D eigenvalue weighted by molar-refractivity contribution is -0.141. The van der Waals surface area contributed by atoms with Gasteiger partial charge in [0.25, 0.3) is 5.24 Å². The Hall–Kier alpha value is -1.18. The average Bonchev–Trinajstić information content (AvgIpc) is 2.75. The van der Waals surface area contributed by atoms with E-state index in [1.54, 1.807) is 24.3 Å². The number of carbonyl (C=O) groups is 1.